The van der Waals surface area contributed by atoms with Crippen LogP contribution in [-0.4, -0.2) is 239 Å². The second-order valence-electron chi connectivity index (χ2n) is 24.3. The van der Waals surface area contributed by atoms with Gasteiger partial charge in [-0.15, -0.1) is 0 Å². The van der Waals surface area contributed by atoms with Crippen LogP contribution in [0, 0.1) is 52.3 Å². The molecule has 4 aliphatic carbocycles. The Morgan fingerprint density at radius 2 is 1.12 bits per heavy atom. The van der Waals surface area contributed by atoms with Gasteiger partial charge in [0, 0.05) is 12.3 Å². The summed E-state index contributed by atoms with van der Waals surface area (Å²) in [4.78, 5) is 0. The van der Waals surface area contributed by atoms with Crippen LogP contribution in [0.1, 0.15) is 98.8 Å². The van der Waals surface area contributed by atoms with Gasteiger partial charge in [0.2, 0.25) is 0 Å². The van der Waals surface area contributed by atoms with Crippen molar-refractivity contribution < 1.29 is 114 Å². The summed E-state index contributed by atoms with van der Waals surface area (Å²) in [6.45, 7) is 8.47. The number of fused-ring (bicyclic) bond motifs is 7. The second kappa shape index (κ2) is 22.6. The third-order valence-electron chi connectivity index (χ3n) is 20.1. The van der Waals surface area contributed by atoms with Crippen molar-refractivity contribution >= 4 is 0 Å². The zero-order chi connectivity index (χ0) is 53.5. The van der Waals surface area contributed by atoms with Gasteiger partial charge in [-0.1, -0.05) is 27.7 Å². The van der Waals surface area contributed by atoms with Gasteiger partial charge in [-0.25, -0.2) is 0 Å². The van der Waals surface area contributed by atoms with Crippen molar-refractivity contribution in [3.63, 3.8) is 0 Å². The largest absolute Gasteiger partial charge is 0.394 e. The molecule has 0 radical (unpaired) electrons. The Morgan fingerprint density at radius 1 is 0.554 bits per heavy atom. The van der Waals surface area contributed by atoms with E-state index in [9.17, 15) is 71.5 Å². The molecule has 0 aromatic carbocycles. The molecule has 9 fully saturated rings. The van der Waals surface area contributed by atoms with Crippen molar-refractivity contribution in [3.8, 4) is 0 Å². The molecule has 74 heavy (non-hydrogen) atoms. The van der Waals surface area contributed by atoms with Gasteiger partial charge in [0.25, 0.3) is 0 Å². The lowest BCUT2D eigenvalue weighted by molar-refractivity contribution is -0.391. The molecule has 428 valence electrons. The van der Waals surface area contributed by atoms with E-state index < -0.39 is 155 Å². The SMILES string of the molecule is C[C@H](CC[C@@]1(O)OC2CC3C4CCC5CC(O[C@@H]6O[C@H](CO)[C@H](O[C@H]7O[C@@H](C)[C@H](O)[C@@H](O)[C@H]7O)[C@H](O)[C@H]6O[C@H]6O[C@H](CO)[C@@H](O)[C@H](O)[C@H]6O)CCC5(C)C4CCC3(C)C2[C@@H]1C)CO[C@@H]1O[C@H](CO)[C@@H](O)[C@H](O)[C@H]1O. The van der Waals surface area contributed by atoms with Crippen LogP contribution in [0.3, 0.4) is 0 Å². The summed E-state index contributed by atoms with van der Waals surface area (Å²) in [6.07, 6.45) is -22.8. The zero-order valence-corrected chi connectivity index (χ0v) is 43.1. The minimum atomic E-state index is -1.85. The molecule has 9 aliphatic rings. The number of hydrogen-bond donors (Lipinski definition) is 14. The molecule has 23 nitrogen and oxygen atoms in total. The quantitative estimate of drug-likeness (QED) is 0.0730. The summed E-state index contributed by atoms with van der Waals surface area (Å²) in [6, 6.07) is 0. The van der Waals surface area contributed by atoms with Gasteiger partial charge in [0.15, 0.2) is 30.9 Å². The van der Waals surface area contributed by atoms with Crippen LogP contribution in [0.15, 0.2) is 0 Å². The van der Waals surface area contributed by atoms with Crippen molar-refractivity contribution in [2.45, 2.75) is 240 Å². The normalized spacial score (nSPS) is 56.0. The van der Waals surface area contributed by atoms with Crippen molar-refractivity contribution in [2.75, 3.05) is 26.4 Å². The first kappa shape index (κ1) is 57.8. The van der Waals surface area contributed by atoms with Crippen LogP contribution in [0.25, 0.3) is 0 Å². The molecule has 23 heteroatoms. The minimum Gasteiger partial charge on any atom is -0.394 e. The topological polar surface area (TPSA) is 366 Å². The lowest BCUT2D eigenvalue weighted by Crippen LogP contribution is -2.67. The number of aliphatic hydroxyl groups is 14. The summed E-state index contributed by atoms with van der Waals surface area (Å²) in [5, 5.41) is 149. The first-order valence-electron chi connectivity index (χ1n) is 27.2. The molecular formula is C51H86O23. The van der Waals surface area contributed by atoms with Crippen LogP contribution >= 0.6 is 0 Å². The van der Waals surface area contributed by atoms with Gasteiger partial charge in [-0.3, -0.25) is 0 Å². The molecule has 4 saturated carbocycles. The molecule has 0 spiro atoms. The second-order valence-corrected chi connectivity index (χ2v) is 24.3. The van der Waals surface area contributed by atoms with E-state index >= 15 is 0 Å². The average Bonchev–Trinajstić information content (AvgIpc) is 3.82. The molecule has 5 heterocycles. The summed E-state index contributed by atoms with van der Waals surface area (Å²) >= 11 is 0. The molecule has 0 bridgehead atoms. The molecule has 0 aromatic heterocycles. The molecule has 9 unspecified atom stereocenters. The van der Waals surface area contributed by atoms with Crippen molar-refractivity contribution in [2.24, 2.45) is 52.3 Å². The Balaban J connectivity index is 0.835. The summed E-state index contributed by atoms with van der Waals surface area (Å²) in [5.41, 5.74) is -0.0673. The fourth-order valence-electron chi connectivity index (χ4n) is 15.6. The van der Waals surface area contributed by atoms with E-state index in [4.69, 9.17) is 42.6 Å². The number of rotatable bonds is 15. The molecule has 0 aromatic rings. The molecular weight excluding hydrogens is 981 g/mol. The van der Waals surface area contributed by atoms with E-state index in [-0.39, 0.29) is 47.2 Å². The number of aliphatic hydroxyl groups excluding tert-OH is 13. The predicted octanol–water partition coefficient (Wildman–Crippen LogP) is -2.93. The first-order valence-corrected chi connectivity index (χ1v) is 27.2. The Bertz CT molecular complexity index is 1850. The Kier molecular flexibility index (Phi) is 17.6. The van der Waals surface area contributed by atoms with E-state index in [1.165, 1.54) is 6.92 Å². The number of ether oxygens (including phenoxy) is 9. The maximum atomic E-state index is 12.1. The van der Waals surface area contributed by atoms with Crippen molar-refractivity contribution in [1.29, 1.82) is 0 Å². The fourth-order valence-corrected chi connectivity index (χ4v) is 15.6. The van der Waals surface area contributed by atoms with Gasteiger partial charge in [0.1, 0.15) is 91.6 Å². The van der Waals surface area contributed by atoms with Crippen molar-refractivity contribution in [1.82, 2.24) is 0 Å². The van der Waals surface area contributed by atoms with E-state index in [2.05, 4.69) is 20.8 Å². The Morgan fingerprint density at radius 3 is 1.77 bits per heavy atom. The lowest BCUT2D eigenvalue weighted by atomic mass is 9.44. The van der Waals surface area contributed by atoms with Gasteiger partial charge in [0.05, 0.1) is 44.7 Å². The van der Waals surface area contributed by atoms with Crippen LogP contribution in [-0.2, 0) is 42.6 Å². The smallest absolute Gasteiger partial charge is 0.187 e. The zero-order valence-electron chi connectivity index (χ0n) is 43.1. The third-order valence-corrected chi connectivity index (χ3v) is 20.1. The maximum Gasteiger partial charge on any atom is 0.187 e. The highest BCUT2D eigenvalue weighted by molar-refractivity contribution is 5.15. The van der Waals surface area contributed by atoms with Crippen molar-refractivity contribution in [3.05, 3.63) is 0 Å². The van der Waals surface area contributed by atoms with Crippen LogP contribution in [0.5, 0.6) is 0 Å². The van der Waals surface area contributed by atoms with E-state index in [1.807, 2.05) is 6.92 Å². The molecule has 14 N–H and O–H groups in total. The molecule has 32 atom stereocenters. The number of hydrogen-bond acceptors (Lipinski definition) is 23. The Hall–Kier alpha value is -0.920. The van der Waals surface area contributed by atoms with Gasteiger partial charge in [-0.2, -0.15) is 0 Å². The third kappa shape index (κ3) is 10.3. The van der Waals surface area contributed by atoms with E-state index in [0.717, 1.165) is 38.5 Å². The molecule has 5 aliphatic heterocycles. The van der Waals surface area contributed by atoms with E-state index in [0.29, 0.717) is 43.4 Å². The minimum absolute atomic E-state index is 0.0231. The average molecular weight is 1070 g/mol. The maximum absolute atomic E-state index is 12.1. The first-order chi connectivity index (χ1) is 35.0. The van der Waals surface area contributed by atoms with Crippen LogP contribution in [0.4, 0.5) is 0 Å². The highest BCUT2D eigenvalue weighted by Gasteiger charge is 2.68. The standard InChI is InChI=1S/C51H86O23/c1-20(19-66-45-39(61)37(59)34(56)29(16-52)69-45)8-13-51(65)21(2)32-28(74-51)15-27-25-7-6-23-14-24(9-11-49(23,4)26(25)10-12-50(27,32)5)68-48-44(73-47-41(63)38(60)35(57)30(17-53)70-47)42(64)43(31(18-54)71-48)72-46-40(62)36(58)33(55)22(3)67-46/h20-48,52-65H,6-19H2,1-5H3/t20-,21+,22+,23?,24?,25?,26?,27?,28?,29-,30-,31-,32?,33+,34-,35-,36-,37+,38+,39-,40-,41-,42+,43+,44-,45-,46-,47-,48-,49?,50?,51-/m1/s1. The van der Waals surface area contributed by atoms with Gasteiger partial charge < -0.3 is 114 Å². The summed E-state index contributed by atoms with van der Waals surface area (Å²) in [5.74, 6) is 0.175. The van der Waals surface area contributed by atoms with Crippen LogP contribution < -0.4 is 0 Å². The molecule has 9 rings (SSSR count). The summed E-state index contributed by atoms with van der Waals surface area (Å²) < 4.78 is 54.5. The monoisotopic (exact) mass is 1070 g/mol. The highest BCUT2D eigenvalue weighted by atomic mass is 16.8. The highest BCUT2D eigenvalue weighted by Crippen LogP contribution is 2.71. The lowest BCUT2D eigenvalue weighted by Gasteiger charge is -2.61. The van der Waals surface area contributed by atoms with Crippen LogP contribution in [0.2, 0.25) is 0 Å². The van der Waals surface area contributed by atoms with E-state index in [1.54, 1.807) is 0 Å². The fraction of sp³-hybridized carbons (Fsp3) is 1.00. The van der Waals surface area contributed by atoms with Gasteiger partial charge >= 0.3 is 0 Å². The summed E-state index contributed by atoms with van der Waals surface area (Å²) in [7, 11) is 0. The van der Waals surface area contributed by atoms with Gasteiger partial charge in [-0.05, 0) is 111 Å². The predicted molar refractivity (Wildman–Crippen MR) is 250 cm³/mol. The Labute approximate surface area is 431 Å². The molecule has 5 saturated heterocycles. The molecule has 0 amide bonds.